The third-order valence-electron chi connectivity index (χ3n) is 2.53. The molecule has 5 nitrogen and oxygen atoms in total. The van der Waals surface area contributed by atoms with Gasteiger partial charge in [-0.15, -0.1) is 0 Å². The molecule has 0 aromatic heterocycles. The van der Waals surface area contributed by atoms with E-state index in [2.05, 4.69) is 9.73 Å². The average molecular weight is 286 g/mol. The van der Waals surface area contributed by atoms with Crippen LogP contribution in [0.3, 0.4) is 0 Å². The van der Waals surface area contributed by atoms with Crippen LogP contribution in [0.25, 0.3) is 0 Å². The van der Waals surface area contributed by atoms with Crippen molar-refractivity contribution in [1.29, 1.82) is 0 Å². The second-order valence-electron chi connectivity index (χ2n) is 4.02. The number of ether oxygens (including phenoxy) is 1. The highest BCUT2D eigenvalue weighted by atomic mass is 19.4. The first kappa shape index (κ1) is 14.0. The van der Waals surface area contributed by atoms with Crippen LogP contribution in [-0.2, 0) is 14.3 Å². The fraction of sp³-hybridized carbons (Fsp3) is 0.250. The zero-order chi connectivity index (χ0) is 15.0. The van der Waals surface area contributed by atoms with Crippen LogP contribution in [0.2, 0.25) is 0 Å². The summed E-state index contributed by atoms with van der Waals surface area (Å²) in [6.07, 6.45) is -5.15. The van der Waals surface area contributed by atoms with Gasteiger partial charge in [0.1, 0.15) is 5.84 Å². The molecule has 1 aromatic rings. The molecule has 1 atom stereocenters. The van der Waals surface area contributed by atoms with Crippen LogP contribution in [0, 0.1) is 0 Å². The van der Waals surface area contributed by atoms with Gasteiger partial charge < -0.3 is 10.1 Å². The van der Waals surface area contributed by atoms with E-state index in [0.717, 1.165) is 6.92 Å². The molecule has 1 aliphatic heterocycles. The molecule has 8 heteroatoms. The van der Waals surface area contributed by atoms with Gasteiger partial charge in [-0.3, -0.25) is 9.59 Å². The van der Waals surface area contributed by atoms with Crippen molar-refractivity contribution in [3.63, 3.8) is 0 Å². The number of halogens is 3. The summed E-state index contributed by atoms with van der Waals surface area (Å²) in [5, 5.41) is 1.99. The van der Waals surface area contributed by atoms with Crippen molar-refractivity contribution in [2.45, 2.75) is 18.8 Å². The van der Waals surface area contributed by atoms with E-state index in [9.17, 15) is 22.8 Å². The number of aliphatic imine (C=N–C) groups is 1. The molecular weight excluding hydrogens is 277 g/mol. The number of esters is 1. The quantitative estimate of drug-likeness (QED) is 0.835. The summed E-state index contributed by atoms with van der Waals surface area (Å²) in [5.74, 6) is -3.09. The lowest BCUT2D eigenvalue weighted by molar-refractivity contribution is -0.255. The number of hydrogen-bond acceptors (Lipinski definition) is 4. The van der Waals surface area contributed by atoms with Crippen LogP contribution in [0.4, 0.5) is 13.2 Å². The predicted octanol–water partition coefficient (Wildman–Crippen LogP) is 1.38. The molecule has 0 bridgehead atoms. The SMILES string of the molecule is CC(=O)O[C@]1(C(F)(F)F)N=C(c2ccccc2)NC1=O. The number of nitrogens with one attached hydrogen (secondary N) is 1. The molecule has 0 saturated heterocycles. The molecule has 2 rings (SSSR count). The number of amidine groups is 1. The number of nitrogens with zero attached hydrogens (tertiary/aromatic N) is 1. The highest BCUT2D eigenvalue weighted by Gasteiger charge is 2.67. The first-order chi connectivity index (χ1) is 9.26. The zero-order valence-electron chi connectivity index (χ0n) is 10.2. The van der Waals surface area contributed by atoms with Crippen molar-refractivity contribution < 1.29 is 27.5 Å². The number of alkyl halides is 3. The van der Waals surface area contributed by atoms with Crippen LogP contribution in [0.15, 0.2) is 35.3 Å². The third kappa shape index (κ3) is 2.24. The number of hydrogen-bond donors (Lipinski definition) is 1. The molecule has 20 heavy (non-hydrogen) atoms. The summed E-state index contributed by atoms with van der Waals surface area (Å²) in [7, 11) is 0. The third-order valence-corrected chi connectivity index (χ3v) is 2.53. The Hall–Kier alpha value is -2.38. The van der Waals surface area contributed by atoms with Gasteiger partial charge in [0.2, 0.25) is 0 Å². The maximum atomic E-state index is 13.1. The minimum Gasteiger partial charge on any atom is -0.419 e. The van der Waals surface area contributed by atoms with E-state index >= 15 is 0 Å². The Morgan fingerprint density at radius 1 is 1.30 bits per heavy atom. The zero-order valence-corrected chi connectivity index (χ0v) is 10.2. The van der Waals surface area contributed by atoms with E-state index in [1.807, 2.05) is 5.32 Å². The summed E-state index contributed by atoms with van der Waals surface area (Å²) in [6, 6.07) is 7.75. The van der Waals surface area contributed by atoms with Crippen molar-refractivity contribution in [2.75, 3.05) is 0 Å². The standard InChI is InChI=1S/C12H9F3N2O3/c1-7(18)20-11(12(13,14)15)10(19)16-9(17-11)8-5-3-2-4-6-8/h2-6H,1H3,(H,16,17,19)/t11-/m1/s1. The minimum absolute atomic E-state index is 0.277. The van der Waals surface area contributed by atoms with Crippen molar-refractivity contribution >= 4 is 17.7 Å². The Balaban J connectivity index is 2.50. The Kier molecular flexibility index (Phi) is 3.24. The molecule has 0 saturated carbocycles. The fourth-order valence-corrected chi connectivity index (χ4v) is 1.69. The second kappa shape index (κ2) is 4.62. The predicted molar refractivity (Wildman–Crippen MR) is 61.7 cm³/mol. The lowest BCUT2D eigenvalue weighted by Gasteiger charge is -2.24. The Morgan fingerprint density at radius 2 is 1.90 bits per heavy atom. The number of carbonyl (C=O) groups excluding carboxylic acids is 2. The Morgan fingerprint density at radius 3 is 2.40 bits per heavy atom. The molecule has 0 spiro atoms. The topological polar surface area (TPSA) is 67.8 Å². The van der Waals surface area contributed by atoms with Crippen molar-refractivity contribution in [2.24, 2.45) is 4.99 Å². The van der Waals surface area contributed by atoms with Crippen LogP contribution >= 0.6 is 0 Å². The number of rotatable bonds is 2. The lowest BCUT2D eigenvalue weighted by atomic mass is 10.2. The highest BCUT2D eigenvalue weighted by Crippen LogP contribution is 2.38. The number of amides is 1. The maximum absolute atomic E-state index is 13.1. The summed E-state index contributed by atoms with van der Waals surface area (Å²) >= 11 is 0. The maximum Gasteiger partial charge on any atom is 0.461 e. The molecule has 1 aliphatic rings. The summed E-state index contributed by atoms with van der Waals surface area (Å²) in [4.78, 5) is 25.8. The molecule has 1 amide bonds. The van der Waals surface area contributed by atoms with E-state index in [-0.39, 0.29) is 11.4 Å². The van der Waals surface area contributed by atoms with Crippen LogP contribution in [0.5, 0.6) is 0 Å². The molecule has 106 valence electrons. The van der Waals surface area contributed by atoms with Crippen LogP contribution in [0.1, 0.15) is 12.5 Å². The first-order valence-corrected chi connectivity index (χ1v) is 5.49. The molecule has 0 unspecified atom stereocenters. The first-order valence-electron chi connectivity index (χ1n) is 5.49. The van der Waals surface area contributed by atoms with Gasteiger partial charge in [-0.25, -0.2) is 4.99 Å². The fourth-order valence-electron chi connectivity index (χ4n) is 1.69. The van der Waals surface area contributed by atoms with E-state index in [1.165, 1.54) is 12.1 Å². The molecule has 1 aromatic carbocycles. The van der Waals surface area contributed by atoms with Gasteiger partial charge in [0.15, 0.2) is 0 Å². The largest absolute Gasteiger partial charge is 0.461 e. The Bertz CT molecular complexity index is 583. The normalized spacial score (nSPS) is 22.2. The molecular formula is C12H9F3N2O3. The van der Waals surface area contributed by atoms with Gasteiger partial charge in [-0.05, 0) is 0 Å². The van der Waals surface area contributed by atoms with Gasteiger partial charge in [0.05, 0.1) is 0 Å². The molecule has 0 aliphatic carbocycles. The molecule has 0 radical (unpaired) electrons. The minimum atomic E-state index is -5.15. The summed E-state index contributed by atoms with van der Waals surface area (Å²) in [5.41, 5.74) is -3.25. The van der Waals surface area contributed by atoms with Crippen LogP contribution in [-0.4, -0.2) is 29.6 Å². The number of benzene rings is 1. The lowest BCUT2D eigenvalue weighted by Crippen LogP contribution is -2.54. The van der Waals surface area contributed by atoms with E-state index < -0.39 is 23.8 Å². The van der Waals surface area contributed by atoms with Gasteiger partial charge in [-0.2, -0.15) is 13.2 Å². The van der Waals surface area contributed by atoms with Gasteiger partial charge in [0.25, 0.3) is 0 Å². The van der Waals surface area contributed by atoms with Crippen molar-refractivity contribution in [3.8, 4) is 0 Å². The van der Waals surface area contributed by atoms with Crippen molar-refractivity contribution in [1.82, 2.24) is 5.32 Å². The monoisotopic (exact) mass is 286 g/mol. The van der Waals surface area contributed by atoms with Gasteiger partial charge in [-0.1, -0.05) is 30.3 Å². The molecule has 0 fully saturated rings. The average Bonchev–Trinajstić information content (AvgIpc) is 2.68. The summed E-state index contributed by atoms with van der Waals surface area (Å²) < 4.78 is 43.4. The second-order valence-corrected chi connectivity index (χ2v) is 4.02. The van der Waals surface area contributed by atoms with Gasteiger partial charge >= 0.3 is 23.8 Å². The van der Waals surface area contributed by atoms with Crippen molar-refractivity contribution in [3.05, 3.63) is 35.9 Å². The molecule has 1 heterocycles. The van der Waals surface area contributed by atoms with E-state index in [1.54, 1.807) is 18.2 Å². The highest BCUT2D eigenvalue weighted by molar-refractivity contribution is 6.15. The Labute approximate surface area is 111 Å². The smallest absolute Gasteiger partial charge is 0.419 e. The summed E-state index contributed by atoms with van der Waals surface area (Å²) in [6.45, 7) is 0.775. The van der Waals surface area contributed by atoms with Gasteiger partial charge in [0, 0.05) is 12.5 Å². The molecule has 1 N–H and O–H groups in total. The van der Waals surface area contributed by atoms with E-state index in [0.29, 0.717) is 0 Å². The number of carbonyl (C=O) groups is 2. The van der Waals surface area contributed by atoms with E-state index in [4.69, 9.17) is 0 Å². The van der Waals surface area contributed by atoms with Crippen LogP contribution < -0.4 is 5.32 Å².